The monoisotopic (exact) mass is 224 g/mol. The van der Waals surface area contributed by atoms with Crippen LogP contribution in [0.2, 0.25) is 0 Å². The molecule has 0 saturated heterocycles. The minimum atomic E-state index is 1.12. The Morgan fingerprint density at radius 2 is 1.92 bits per heavy atom. The van der Waals surface area contributed by atoms with Crippen LogP contribution in [0.5, 0.6) is 0 Å². The lowest BCUT2D eigenvalue weighted by atomic mass is 10.0. The van der Waals surface area contributed by atoms with Gasteiger partial charge in [0.25, 0.3) is 0 Å². The van der Waals surface area contributed by atoms with Crippen molar-refractivity contribution in [1.29, 1.82) is 0 Å². The summed E-state index contributed by atoms with van der Waals surface area (Å²) in [5, 5.41) is 0. The van der Waals surface area contributed by atoms with Crippen LogP contribution in [-0.4, -0.2) is 0 Å². The number of benzene rings is 1. The Balaban J connectivity index is 3.37. The maximum Gasteiger partial charge on any atom is 0.0213 e. The second-order valence-corrected chi connectivity index (χ2v) is 4.05. The normalized spacial score (nSPS) is 10.0. The maximum absolute atomic E-state index is 3.95. The van der Waals surface area contributed by atoms with Crippen LogP contribution < -0.4 is 0 Å². The van der Waals surface area contributed by atoms with Crippen LogP contribution in [0.4, 0.5) is 0 Å². The maximum atomic E-state index is 3.95. The number of halogens is 1. The molecule has 0 fully saturated rings. The molecule has 64 valence electrons. The zero-order valence-corrected chi connectivity index (χ0v) is 9.33. The lowest BCUT2D eigenvalue weighted by molar-refractivity contribution is 1.33. The molecule has 0 nitrogen and oxygen atoms in total. The highest BCUT2D eigenvalue weighted by Gasteiger charge is 2.03. The highest BCUT2D eigenvalue weighted by atomic mass is 79.9. The van der Waals surface area contributed by atoms with Crippen molar-refractivity contribution in [2.24, 2.45) is 0 Å². The average molecular weight is 225 g/mol. The Hall–Kier alpha value is -0.560. The molecule has 1 aromatic carbocycles. The molecular formula is C11H13Br. The third kappa shape index (κ3) is 1.78. The van der Waals surface area contributed by atoms with Gasteiger partial charge in [-0.25, -0.2) is 0 Å². The van der Waals surface area contributed by atoms with Crippen molar-refractivity contribution >= 4 is 21.5 Å². The van der Waals surface area contributed by atoms with Crippen LogP contribution in [0, 0.1) is 13.8 Å². The third-order valence-corrected chi connectivity index (χ3v) is 2.77. The van der Waals surface area contributed by atoms with Gasteiger partial charge in [0.2, 0.25) is 0 Å². The van der Waals surface area contributed by atoms with E-state index in [1.807, 2.05) is 6.92 Å². The molecule has 0 aliphatic heterocycles. The van der Waals surface area contributed by atoms with Gasteiger partial charge in [-0.3, -0.25) is 0 Å². The molecule has 0 saturated carbocycles. The van der Waals surface area contributed by atoms with E-state index < -0.39 is 0 Å². The van der Waals surface area contributed by atoms with E-state index in [-0.39, 0.29) is 0 Å². The number of hydrogen-bond donors (Lipinski definition) is 0. The number of rotatable bonds is 1. The van der Waals surface area contributed by atoms with Gasteiger partial charge in [0, 0.05) is 4.47 Å². The first kappa shape index (κ1) is 9.53. The van der Waals surface area contributed by atoms with Crippen molar-refractivity contribution < 1.29 is 0 Å². The average Bonchev–Trinajstić information content (AvgIpc) is 1.96. The first-order valence-corrected chi connectivity index (χ1v) is 4.74. The predicted octanol–water partition coefficient (Wildman–Crippen LogP) is 4.10. The fraction of sp³-hybridized carbons (Fsp3) is 0.273. The van der Waals surface area contributed by atoms with Gasteiger partial charge < -0.3 is 0 Å². The topological polar surface area (TPSA) is 0 Å². The molecule has 0 aliphatic carbocycles. The molecule has 0 amide bonds. The summed E-state index contributed by atoms with van der Waals surface area (Å²) in [5.74, 6) is 0. The van der Waals surface area contributed by atoms with Crippen molar-refractivity contribution in [2.75, 3.05) is 0 Å². The second kappa shape index (κ2) is 3.44. The molecule has 0 bridgehead atoms. The van der Waals surface area contributed by atoms with E-state index >= 15 is 0 Å². The minimum absolute atomic E-state index is 1.12. The van der Waals surface area contributed by atoms with Crippen molar-refractivity contribution in [2.45, 2.75) is 20.8 Å². The fourth-order valence-electron chi connectivity index (χ4n) is 1.26. The van der Waals surface area contributed by atoms with Crippen LogP contribution in [0.3, 0.4) is 0 Å². The highest BCUT2D eigenvalue weighted by molar-refractivity contribution is 9.10. The van der Waals surface area contributed by atoms with Crippen molar-refractivity contribution in [3.05, 3.63) is 39.9 Å². The molecule has 0 spiro atoms. The van der Waals surface area contributed by atoms with Crippen LogP contribution in [-0.2, 0) is 0 Å². The Labute approximate surface area is 82.4 Å². The zero-order valence-electron chi connectivity index (χ0n) is 7.74. The molecular weight excluding hydrogens is 212 g/mol. The van der Waals surface area contributed by atoms with Gasteiger partial charge >= 0.3 is 0 Å². The molecule has 0 atom stereocenters. The fourth-order valence-corrected chi connectivity index (χ4v) is 1.83. The molecule has 0 aromatic heterocycles. The van der Waals surface area contributed by atoms with E-state index in [0.29, 0.717) is 0 Å². The number of hydrogen-bond acceptors (Lipinski definition) is 0. The first-order chi connectivity index (χ1) is 5.52. The summed E-state index contributed by atoms with van der Waals surface area (Å²) in [4.78, 5) is 0. The van der Waals surface area contributed by atoms with E-state index in [2.05, 4.69) is 48.5 Å². The predicted molar refractivity (Wildman–Crippen MR) is 58.3 cm³/mol. The lowest BCUT2D eigenvalue weighted by Crippen LogP contribution is -1.88. The van der Waals surface area contributed by atoms with E-state index in [1.54, 1.807) is 0 Å². The van der Waals surface area contributed by atoms with Gasteiger partial charge in [0.15, 0.2) is 0 Å². The number of allylic oxidation sites excluding steroid dienone is 1. The Kier molecular flexibility index (Phi) is 2.73. The Bertz CT molecular complexity index is 324. The van der Waals surface area contributed by atoms with E-state index in [4.69, 9.17) is 0 Å². The van der Waals surface area contributed by atoms with E-state index in [1.165, 1.54) is 21.2 Å². The highest BCUT2D eigenvalue weighted by Crippen LogP contribution is 2.25. The summed E-state index contributed by atoms with van der Waals surface area (Å²) >= 11 is 3.52. The summed E-state index contributed by atoms with van der Waals surface area (Å²) in [7, 11) is 0. The standard InChI is InChI=1S/C11H13Br/c1-7(2)10-5-8(3)6-11(12)9(10)4/h5-6H,1H2,2-4H3. The molecule has 0 N–H and O–H groups in total. The molecule has 1 aromatic rings. The van der Waals surface area contributed by atoms with Crippen LogP contribution in [0.15, 0.2) is 23.2 Å². The summed E-state index contributed by atoms with van der Waals surface area (Å²) in [5.41, 5.74) is 4.91. The van der Waals surface area contributed by atoms with Crippen molar-refractivity contribution in [3.8, 4) is 0 Å². The SMILES string of the molecule is C=C(C)c1cc(C)cc(Br)c1C. The molecule has 0 aliphatic rings. The summed E-state index contributed by atoms with van der Waals surface area (Å²) in [6.45, 7) is 10.2. The van der Waals surface area contributed by atoms with Crippen molar-refractivity contribution in [1.82, 2.24) is 0 Å². The van der Waals surface area contributed by atoms with Crippen LogP contribution in [0.1, 0.15) is 23.6 Å². The van der Waals surface area contributed by atoms with Gasteiger partial charge in [-0.15, -0.1) is 0 Å². The molecule has 1 heteroatoms. The summed E-state index contributed by atoms with van der Waals surface area (Å²) in [6, 6.07) is 4.30. The smallest absolute Gasteiger partial charge is 0.0213 e. The zero-order chi connectivity index (χ0) is 9.30. The van der Waals surface area contributed by atoms with Gasteiger partial charge in [0.1, 0.15) is 0 Å². The summed E-state index contributed by atoms with van der Waals surface area (Å²) in [6.07, 6.45) is 0. The molecule has 1 rings (SSSR count). The second-order valence-electron chi connectivity index (χ2n) is 3.20. The largest absolute Gasteiger partial charge is 0.0955 e. The van der Waals surface area contributed by atoms with Gasteiger partial charge in [-0.05, 0) is 43.5 Å². The Morgan fingerprint density at radius 1 is 1.33 bits per heavy atom. The quantitative estimate of drug-likeness (QED) is 0.674. The van der Waals surface area contributed by atoms with Crippen molar-refractivity contribution in [3.63, 3.8) is 0 Å². The van der Waals surface area contributed by atoms with Gasteiger partial charge in [-0.2, -0.15) is 0 Å². The van der Waals surface area contributed by atoms with Gasteiger partial charge in [-0.1, -0.05) is 34.1 Å². The van der Waals surface area contributed by atoms with E-state index in [0.717, 1.165) is 5.57 Å². The lowest BCUT2D eigenvalue weighted by Gasteiger charge is -2.08. The van der Waals surface area contributed by atoms with Gasteiger partial charge in [0.05, 0.1) is 0 Å². The molecule has 0 radical (unpaired) electrons. The first-order valence-electron chi connectivity index (χ1n) is 3.95. The minimum Gasteiger partial charge on any atom is -0.0955 e. The number of aryl methyl sites for hydroxylation is 1. The summed E-state index contributed by atoms with van der Waals surface area (Å²) < 4.78 is 1.17. The van der Waals surface area contributed by atoms with Crippen LogP contribution >= 0.6 is 15.9 Å². The van der Waals surface area contributed by atoms with E-state index in [9.17, 15) is 0 Å². The molecule has 0 unspecified atom stereocenters. The molecule has 0 heterocycles. The third-order valence-electron chi connectivity index (χ3n) is 1.95. The Morgan fingerprint density at radius 3 is 2.42 bits per heavy atom. The molecule has 12 heavy (non-hydrogen) atoms. The van der Waals surface area contributed by atoms with Crippen LogP contribution in [0.25, 0.3) is 5.57 Å².